The number of methoxy groups -OCH3 is 3. The monoisotopic (exact) mass is 354 g/mol. The summed E-state index contributed by atoms with van der Waals surface area (Å²) in [5.41, 5.74) is 2.38. The minimum atomic E-state index is -0.320. The number of ether oxygens (including phenoxy) is 3. The van der Waals surface area contributed by atoms with Crippen molar-refractivity contribution in [3.05, 3.63) is 47.5 Å². The van der Waals surface area contributed by atoms with Crippen LogP contribution in [0.5, 0.6) is 17.2 Å². The average molecular weight is 354 g/mol. The van der Waals surface area contributed by atoms with Crippen LogP contribution in [0.1, 0.15) is 34.9 Å². The molecule has 1 N–H and O–H groups in total. The molecule has 6 heteroatoms. The van der Waals surface area contributed by atoms with Crippen molar-refractivity contribution >= 4 is 11.6 Å². The summed E-state index contributed by atoms with van der Waals surface area (Å²) in [7, 11) is 4.77. The van der Waals surface area contributed by atoms with E-state index in [-0.39, 0.29) is 18.1 Å². The first-order valence-electron chi connectivity index (χ1n) is 8.66. The third kappa shape index (κ3) is 2.53. The molecule has 136 valence electrons. The van der Waals surface area contributed by atoms with Crippen molar-refractivity contribution in [1.82, 2.24) is 4.90 Å². The van der Waals surface area contributed by atoms with Crippen molar-refractivity contribution in [2.24, 2.45) is 0 Å². The summed E-state index contributed by atoms with van der Waals surface area (Å²) in [5.74, 6) is 1.73. The Bertz CT molecular complexity index is 848. The molecule has 2 aliphatic rings. The van der Waals surface area contributed by atoms with Gasteiger partial charge < -0.3 is 24.4 Å². The zero-order chi connectivity index (χ0) is 18.3. The molecule has 1 amide bonds. The maximum atomic E-state index is 13.1. The van der Waals surface area contributed by atoms with Crippen molar-refractivity contribution in [3.63, 3.8) is 0 Å². The van der Waals surface area contributed by atoms with E-state index < -0.39 is 0 Å². The van der Waals surface area contributed by atoms with Crippen LogP contribution in [0.25, 0.3) is 0 Å². The highest BCUT2D eigenvalue weighted by Crippen LogP contribution is 2.47. The number of fused-ring (bicyclic) bond motifs is 1. The van der Waals surface area contributed by atoms with Gasteiger partial charge >= 0.3 is 0 Å². The standard InChI is InChI=1S/C20H22N2O4/c1-24-16-11-10-14(17(25-2)18(16)26-3)19-21-15-7-5-4-6-13(15)20(23)22(19)12-8-9-12/h4-7,10-12,19,21H,8-9H2,1-3H3. The van der Waals surface area contributed by atoms with Gasteiger partial charge in [-0.1, -0.05) is 12.1 Å². The fourth-order valence-electron chi connectivity index (χ4n) is 3.57. The number of hydrogen-bond acceptors (Lipinski definition) is 5. The third-order valence-corrected chi connectivity index (χ3v) is 4.93. The first kappa shape index (κ1) is 16.6. The molecule has 4 rings (SSSR count). The highest BCUT2D eigenvalue weighted by Gasteiger charge is 2.43. The normalized spacial score (nSPS) is 18.8. The van der Waals surface area contributed by atoms with Gasteiger partial charge in [0.05, 0.1) is 26.9 Å². The van der Waals surface area contributed by atoms with E-state index in [4.69, 9.17) is 14.2 Å². The van der Waals surface area contributed by atoms with Crippen LogP contribution in [0.15, 0.2) is 36.4 Å². The highest BCUT2D eigenvalue weighted by atomic mass is 16.5. The molecule has 2 aromatic rings. The number of anilines is 1. The second-order valence-electron chi connectivity index (χ2n) is 6.46. The van der Waals surface area contributed by atoms with Crippen LogP contribution in [0.2, 0.25) is 0 Å². The Labute approximate surface area is 152 Å². The molecule has 0 radical (unpaired) electrons. The summed E-state index contributed by atoms with van der Waals surface area (Å²) in [5, 5.41) is 3.51. The predicted molar refractivity (Wildman–Crippen MR) is 98.1 cm³/mol. The lowest BCUT2D eigenvalue weighted by Crippen LogP contribution is -2.44. The van der Waals surface area contributed by atoms with E-state index in [0.29, 0.717) is 22.8 Å². The van der Waals surface area contributed by atoms with Gasteiger partial charge in [0, 0.05) is 17.3 Å². The molecule has 6 nitrogen and oxygen atoms in total. The maximum absolute atomic E-state index is 13.1. The Kier molecular flexibility index (Phi) is 4.11. The van der Waals surface area contributed by atoms with E-state index in [1.165, 1.54) is 0 Å². The molecule has 1 heterocycles. The van der Waals surface area contributed by atoms with Gasteiger partial charge in [-0.2, -0.15) is 0 Å². The van der Waals surface area contributed by atoms with E-state index in [1.54, 1.807) is 21.3 Å². The van der Waals surface area contributed by atoms with E-state index in [2.05, 4.69) is 5.32 Å². The minimum absolute atomic E-state index is 0.0451. The van der Waals surface area contributed by atoms with Crippen molar-refractivity contribution < 1.29 is 19.0 Å². The van der Waals surface area contributed by atoms with Crippen molar-refractivity contribution in [2.75, 3.05) is 26.6 Å². The van der Waals surface area contributed by atoms with Gasteiger partial charge in [-0.25, -0.2) is 0 Å². The summed E-state index contributed by atoms with van der Waals surface area (Å²) in [6.07, 6.45) is 1.71. The molecular weight excluding hydrogens is 332 g/mol. The molecule has 1 saturated carbocycles. The SMILES string of the molecule is COc1ccc(C2Nc3ccccc3C(=O)N2C2CC2)c(OC)c1OC. The highest BCUT2D eigenvalue weighted by molar-refractivity contribution is 6.02. The van der Waals surface area contributed by atoms with Crippen LogP contribution in [-0.2, 0) is 0 Å². The zero-order valence-electron chi connectivity index (χ0n) is 15.1. The molecule has 0 spiro atoms. The zero-order valence-corrected chi connectivity index (χ0v) is 15.1. The number of para-hydroxylation sites is 1. The van der Waals surface area contributed by atoms with Crippen molar-refractivity contribution in [2.45, 2.75) is 25.0 Å². The first-order valence-corrected chi connectivity index (χ1v) is 8.66. The maximum Gasteiger partial charge on any atom is 0.258 e. The van der Waals surface area contributed by atoms with Gasteiger partial charge in [-0.15, -0.1) is 0 Å². The topological polar surface area (TPSA) is 60.0 Å². The average Bonchev–Trinajstić information content (AvgIpc) is 3.51. The van der Waals surface area contributed by atoms with E-state index in [1.807, 2.05) is 41.3 Å². The van der Waals surface area contributed by atoms with Crippen LogP contribution in [-0.4, -0.2) is 38.2 Å². The van der Waals surface area contributed by atoms with Crippen LogP contribution in [0, 0.1) is 0 Å². The number of nitrogens with one attached hydrogen (secondary N) is 1. The number of benzene rings is 2. The van der Waals surface area contributed by atoms with Crippen molar-refractivity contribution in [1.29, 1.82) is 0 Å². The number of nitrogens with zero attached hydrogens (tertiary/aromatic N) is 1. The summed E-state index contributed by atoms with van der Waals surface area (Å²) in [6, 6.07) is 11.6. The Balaban J connectivity index is 1.85. The smallest absolute Gasteiger partial charge is 0.258 e. The van der Waals surface area contributed by atoms with Gasteiger partial charge in [-0.3, -0.25) is 4.79 Å². The van der Waals surface area contributed by atoms with E-state index in [9.17, 15) is 4.79 Å². The third-order valence-electron chi connectivity index (χ3n) is 4.93. The van der Waals surface area contributed by atoms with Crippen LogP contribution < -0.4 is 19.5 Å². The molecule has 2 aromatic carbocycles. The fourth-order valence-corrected chi connectivity index (χ4v) is 3.57. The molecule has 1 unspecified atom stereocenters. The lowest BCUT2D eigenvalue weighted by molar-refractivity contribution is 0.0664. The molecule has 1 aliphatic heterocycles. The second kappa shape index (κ2) is 6.44. The summed E-state index contributed by atoms with van der Waals surface area (Å²) in [6.45, 7) is 0. The number of carbonyl (C=O) groups is 1. The Morgan fingerprint density at radius 2 is 1.69 bits per heavy atom. The molecule has 0 bridgehead atoms. The predicted octanol–water partition coefficient (Wildman–Crippen LogP) is 3.44. The molecule has 1 aliphatic carbocycles. The first-order chi connectivity index (χ1) is 12.7. The minimum Gasteiger partial charge on any atom is -0.493 e. The second-order valence-corrected chi connectivity index (χ2v) is 6.46. The van der Waals surface area contributed by atoms with Crippen LogP contribution in [0.4, 0.5) is 5.69 Å². The van der Waals surface area contributed by atoms with Crippen molar-refractivity contribution in [3.8, 4) is 17.2 Å². The molecule has 1 atom stereocenters. The summed E-state index contributed by atoms with van der Waals surface area (Å²) >= 11 is 0. The van der Waals surface area contributed by atoms with Gasteiger partial charge in [0.15, 0.2) is 11.5 Å². The molecule has 0 saturated heterocycles. The molecule has 0 aromatic heterocycles. The molecular formula is C20H22N2O4. The number of rotatable bonds is 5. The Hall–Kier alpha value is -2.89. The lowest BCUT2D eigenvalue weighted by atomic mass is 10.0. The molecule has 26 heavy (non-hydrogen) atoms. The quantitative estimate of drug-likeness (QED) is 0.891. The van der Waals surface area contributed by atoms with Crippen LogP contribution in [0.3, 0.4) is 0 Å². The van der Waals surface area contributed by atoms with E-state index in [0.717, 1.165) is 24.1 Å². The lowest BCUT2D eigenvalue weighted by Gasteiger charge is -2.39. The fraction of sp³-hybridized carbons (Fsp3) is 0.350. The summed E-state index contributed by atoms with van der Waals surface area (Å²) < 4.78 is 16.5. The van der Waals surface area contributed by atoms with Gasteiger partial charge in [0.2, 0.25) is 5.75 Å². The van der Waals surface area contributed by atoms with E-state index >= 15 is 0 Å². The number of hydrogen-bond donors (Lipinski definition) is 1. The largest absolute Gasteiger partial charge is 0.493 e. The Morgan fingerprint density at radius 3 is 2.35 bits per heavy atom. The Morgan fingerprint density at radius 1 is 0.962 bits per heavy atom. The van der Waals surface area contributed by atoms with Gasteiger partial charge in [0.1, 0.15) is 6.17 Å². The van der Waals surface area contributed by atoms with Crippen LogP contribution >= 0.6 is 0 Å². The number of amides is 1. The van der Waals surface area contributed by atoms with Gasteiger partial charge in [0.25, 0.3) is 5.91 Å². The summed E-state index contributed by atoms with van der Waals surface area (Å²) in [4.78, 5) is 15.1. The molecule has 1 fully saturated rings. The number of carbonyl (C=O) groups excluding carboxylic acids is 1. The van der Waals surface area contributed by atoms with Gasteiger partial charge in [-0.05, 0) is 37.1 Å².